The lowest BCUT2D eigenvalue weighted by Crippen LogP contribution is -2.35. The highest BCUT2D eigenvalue weighted by atomic mass is 35.5. The van der Waals surface area contributed by atoms with Crippen LogP contribution in [0.1, 0.15) is 12.8 Å². The monoisotopic (exact) mass is 184 g/mol. The van der Waals surface area contributed by atoms with Crippen molar-refractivity contribution in [2.75, 3.05) is 13.1 Å². The van der Waals surface area contributed by atoms with Crippen molar-refractivity contribution >= 4 is 24.8 Å². The van der Waals surface area contributed by atoms with Gasteiger partial charge in [-0.1, -0.05) is 0 Å². The van der Waals surface area contributed by atoms with Crippen LogP contribution in [0.5, 0.6) is 0 Å². The van der Waals surface area contributed by atoms with Gasteiger partial charge in [0.2, 0.25) is 0 Å². The summed E-state index contributed by atoms with van der Waals surface area (Å²) >= 11 is 0. The smallest absolute Gasteiger partial charge is 0.0336 e. The molecule has 1 saturated carbocycles. The Morgan fingerprint density at radius 1 is 1.50 bits per heavy atom. The minimum absolute atomic E-state index is 0. The summed E-state index contributed by atoms with van der Waals surface area (Å²) in [5.74, 6) is 0.937. The van der Waals surface area contributed by atoms with Gasteiger partial charge in [-0.15, -0.1) is 24.8 Å². The predicted molar refractivity (Wildman–Crippen MR) is 47.0 cm³/mol. The topological polar surface area (TPSA) is 38.0 Å². The van der Waals surface area contributed by atoms with Gasteiger partial charge in [0.15, 0.2) is 0 Å². The quantitative estimate of drug-likeness (QED) is 0.625. The van der Waals surface area contributed by atoms with Crippen molar-refractivity contribution in [1.29, 1.82) is 0 Å². The number of nitrogens with two attached hydrogens (primary N) is 1. The van der Waals surface area contributed by atoms with E-state index in [1.165, 1.54) is 19.4 Å². The molecule has 0 unspecified atom stereocenters. The molecule has 1 aliphatic carbocycles. The lowest BCUT2D eigenvalue weighted by molar-refractivity contribution is 0.559. The number of nitrogens with one attached hydrogen (secondary N) is 1. The van der Waals surface area contributed by atoms with Gasteiger partial charge in [0.05, 0.1) is 0 Å². The van der Waals surface area contributed by atoms with Crippen LogP contribution in [0.25, 0.3) is 0 Å². The third kappa shape index (κ3) is 1.26. The Hall–Kier alpha value is 0.500. The molecule has 2 rings (SSSR count). The molecule has 2 nitrogen and oxygen atoms in total. The van der Waals surface area contributed by atoms with E-state index in [0.717, 1.165) is 12.5 Å². The van der Waals surface area contributed by atoms with Gasteiger partial charge in [0.25, 0.3) is 0 Å². The van der Waals surface area contributed by atoms with Crippen LogP contribution in [0.3, 0.4) is 0 Å². The molecule has 0 aromatic rings. The summed E-state index contributed by atoms with van der Waals surface area (Å²) in [6.07, 6.45) is 2.70. The van der Waals surface area contributed by atoms with Crippen molar-refractivity contribution in [3.63, 3.8) is 0 Å². The highest BCUT2D eigenvalue weighted by molar-refractivity contribution is 5.85. The normalized spacial score (nSPS) is 41.1. The highest BCUT2D eigenvalue weighted by Gasteiger charge is 2.55. The Morgan fingerprint density at radius 2 is 2.20 bits per heavy atom. The number of hydrogen-bond donors (Lipinski definition) is 2. The maximum Gasteiger partial charge on any atom is 0.0336 e. The third-order valence-electron chi connectivity index (χ3n) is 2.57. The molecule has 10 heavy (non-hydrogen) atoms. The van der Waals surface area contributed by atoms with Crippen molar-refractivity contribution in [3.8, 4) is 0 Å². The zero-order valence-corrected chi connectivity index (χ0v) is 7.43. The van der Waals surface area contributed by atoms with Crippen molar-refractivity contribution in [2.24, 2.45) is 11.7 Å². The minimum Gasteiger partial charge on any atom is -0.329 e. The Kier molecular flexibility index (Phi) is 3.43. The average Bonchev–Trinajstić information content (AvgIpc) is 2.38. The van der Waals surface area contributed by atoms with Crippen molar-refractivity contribution < 1.29 is 0 Å². The van der Waals surface area contributed by atoms with Crippen LogP contribution in [0.15, 0.2) is 0 Å². The lowest BCUT2D eigenvalue weighted by Gasteiger charge is -2.07. The molecule has 0 radical (unpaired) electrons. The zero-order valence-electron chi connectivity index (χ0n) is 5.80. The predicted octanol–water partition coefficient (Wildman–Crippen LogP) is 0.541. The first-order valence-electron chi connectivity index (χ1n) is 3.32. The van der Waals surface area contributed by atoms with Crippen LogP contribution in [0.2, 0.25) is 0 Å². The van der Waals surface area contributed by atoms with Crippen LogP contribution in [0.4, 0.5) is 0 Å². The van der Waals surface area contributed by atoms with E-state index < -0.39 is 0 Å². The molecule has 2 aliphatic rings. The Bertz CT molecular complexity index is 116. The Balaban J connectivity index is 0.000000405. The average molecular weight is 185 g/mol. The number of fused-ring (bicyclic) bond motifs is 1. The molecule has 1 heterocycles. The largest absolute Gasteiger partial charge is 0.329 e. The summed E-state index contributed by atoms with van der Waals surface area (Å²) in [6, 6.07) is 0. The fourth-order valence-electron chi connectivity index (χ4n) is 1.79. The van der Waals surface area contributed by atoms with Crippen LogP contribution < -0.4 is 11.1 Å². The lowest BCUT2D eigenvalue weighted by atomic mass is 10.2. The van der Waals surface area contributed by atoms with E-state index in [4.69, 9.17) is 5.73 Å². The van der Waals surface area contributed by atoms with Gasteiger partial charge in [-0.2, -0.15) is 0 Å². The fourth-order valence-corrected chi connectivity index (χ4v) is 1.79. The molecule has 2 atom stereocenters. The number of halogens is 2. The molecule has 0 aromatic carbocycles. The number of rotatable bonds is 1. The molecule has 1 aliphatic heterocycles. The molecule has 0 amide bonds. The third-order valence-corrected chi connectivity index (χ3v) is 2.57. The maximum absolute atomic E-state index is 5.55. The van der Waals surface area contributed by atoms with Gasteiger partial charge in [-0.25, -0.2) is 0 Å². The van der Waals surface area contributed by atoms with Gasteiger partial charge >= 0.3 is 0 Å². The molecule has 0 aromatic heterocycles. The number of hydrogen-bond acceptors (Lipinski definition) is 2. The first-order valence-corrected chi connectivity index (χ1v) is 3.32. The summed E-state index contributed by atoms with van der Waals surface area (Å²) in [5.41, 5.74) is 5.98. The Morgan fingerprint density at radius 3 is 2.40 bits per heavy atom. The van der Waals surface area contributed by atoms with E-state index in [2.05, 4.69) is 5.32 Å². The van der Waals surface area contributed by atoms with Crippen LogP contribution in [-0.2, 0) is 0 Å². The summed E-state index contributed by atoms with van der Waals surface area (Å²) < 4.78 is 0. The SMILES string of the molecule is Cl.Cl.NC[C@]12C[C@H]1CCN2. The van der Waals surface area contributed by atoms with Crippen molar-refractivity contribution in [1.82, 2.24) is 5.32 Å². The van der Waals surface area contributed by atoms with Crippen LogP contribution >= 0.6 is 24.8 Å². The summed E-state index contributed by atoms with van der Waals surface area (Å²) in [6.45, 7) is 2.04. The van der Waals surface area contributed by atoms with Gasteiger partial charge in [0, 0.05) is 12.1 Å². The summed E-state index contributed by atoms with van der Waals surface area (Å²) in [4.78, 5) is 0. The molecule has 0 spiro atoms. The highest BCUT2D eigenvalue weighted by Crippen LogP contribution is 2.48. The Labute approximate surface area is 73.7 Å². The molecule has 2 fully saturated rings. The van der Waals surface area contributed by atoms with Gasteiger partial charge in [-0.3, -0.25) is 0 Å². The summed E-state index contributed by atoms with van der Waals surface area (Å²) in [5, 5.41) is 3.43. The maximum atomic E-state index is 5.55. The van der Waals surface area contributed by atoms with E-state index in [1.54, 1.807) is 0 Å². The van der Waals surface area contributed by atoms with Gasteiger partial charge < -0.3 is 11.1 Å². The second-order valence-corrected chi connectivity index (χ2v) is 2.98. The molecule has 62 valence electrons. The minimum atomic E-state index is 0. The molecular weight excluding hydrogens is 171 g/mol. The second-order valence-electron chi connectivity index (χ2n) is 2.98. The summed E-state index contributed by atoms with van der Waals surface area (Å²) in [7, 11) is 0. The molecule has 3 N–H and O–H groups in total. The first kappa shape index (κ1) is 10.5. The number of piperidine rings is 1. The van der Waals surface area contributed by atoms with E-state index >= 15 is 0 Å². The standard InChI is InChI=1S/C6H12N2.2ClH/c7-4-6-3-5(6)1-2-8-6;;/h5,8H,1-4,7H2;2*1H/t5-,6-;;/m1../s1. The second kappa shape index (κ2) is 3.26. The molecule has 0 bridgehead atoms. The van der Waals surface area contributed by atoms with Crippen LogP contribution in [0, 0.1) is 5.92 Å². The van der Waals surface area contributed by atoms with E-state index in [-0.39, 0.29) is 24.8 Å². The molecule has 1 saturated heterocycles. The van der Waals surface area contributed by atoms with Gasteiger partial charge in [0.1, 0.15) is 0 Å². The van der Waals surface area contributed by atoms with Crippen molar-refractivity contribution in [2.45, 2.75) is 18.4 Å². The first-order chi connectivity index (χ1) is 3.87. The van der Waals surface area contributed by atoms with E-state index in [9.17, 15) is 0 Å². The molecule has 4 heteroatoms. The van der Waals surface area contributed by atoms with E-state index in [0.29, 0.717) is 5.54 Å². The molecular formula is C6H14Cl2N2. The fraction of sp³-hybridized carbons (Fsp3) is 1.00. The van der Waals surface area contributed by atoms with Crippen molar-refractivity contribution in [3.05, 3.63) is 0 Å². The van der Waals surface area contributed by atoms with E-state index in [1.807, 2.05) is 0 Å². The van der Waals surface area contributed by atoms with Gasteiger partial charge in [-0.05, 0) is 25.3 Å². The zero-order chi connectivity index (χ0) is 5.61. The van der Waals surface area contributed by atoms with Crippen LogP contribution in [-0.4, -0.2) is 18.6 Å².